The first-order chi connectivity index (χ1) is 6.11. The number of hydrogen-bond acceptors (Lipinski definition) is 1. The monoisotopic (exact) mass is 202 g/mol. The first kappa shape index (κ1) is 9.79. The number of ether oxygens (including phenoxy) is 1. The second-order valence-corrected chi connectivity index (χ2v) is 5.47. The minimum absolute atomic E-state index is 0.0863. The molecule has 13 heavy (non-hydrogen) atoms. The maximum atomic E-state index is 6.16. The maximum Gasteiger partial charge on any atom is 0.134 e. The average molecular weight is 203 g/mol. The van der Waals surface area contributed by atoms with Crippen LogP contribution in [-0.4, -0.2) is 11.2 Å². The molecule has 0 amide bonds. The van der Waals surface area contributed by atoms with Crippen molar-refractivity contribution in [1.29, 1.82) is 0 Å². The third-order valence-corrected chi connectivity index (χ3v) is 4.16. The summed E-state index contributed by atoms with van der Waals surface area (Å²) in [5.41, 5.74) is 0.0956. The maximum absolute atomic E-state index is 6.16. The fourth-order valence-corrected chi connectivity index (χ4v) is 2.87. The molecule has 2 fully saturated rings. The molecule has 0 radical (unpaired) electrons. The number of hydrogen-bond donors (Lipinski definition) is 0. The van der Waals surface area contributed by atoms with Crippen molar-refractivity contribution in [3.8, 4) is 0 Å². The van der Waals surface area contributed by atoms with E-state index in [9.17, 15) is 0 Å². The van der Waals surface area contributed by atoms with E-state index in [1.54, 1.807) is 0 Å². The number of alkyl halides is 1. The molecule has 1 atom stereocenters. The first-order valence-electron chi connectivity index (χ1n) is 5.43. The van der Waals surface area contributed by atoms with Crippen LogP contribution in [0.25, 0.3) is 0 Å². The lowest BCUT2D eigenvalue weighted by molar-refractivity contribution is -0.0692. The summed E-state index contributed by atoms with van der Waals surface area (Å²) in [4.78, 5) is 0. The quantitative estimate of drug-likeness (QED) is 0.636. The standard InChI is InChI=1S/C11H19ClO/c1-8(2)10(12)13-11-5-3-9(7-11)4-6-11/h8-10H,3-7H2,1-2H3. The van der Waals surface area contributed by atoms with E-state index in [2.05, 4.69) is 13.8 Å². The van der Waals surface area contributed by atoms with E-state index in [4.69, 9.17) is 16.3 Å². The lowest BCUT2D eigenvalue weighted by Gasteiger charge is -2.31. The van der Waals surface area contributed by atoms with Gasteiger partial charge in [0.15, 0.2) is 0 Å². The van der Waals surface area contributed by atoms with Crippen LogP contribution in [0.1, 0.15) is 46.0 Å². The van der Waals surface area contributed by atoms with E-state index in [1.165, 1.54) is 32.1 Å². The Bertz CT molecular complexity index is 183. The highest BCUT2D eigenvalue weighted by molar-refractivity contribution is 6.19. The van der Waals surface area contributed by atoms with Crippen molar-refractivity contribution in [2.75, 3.05) is 0 Å². The summed E-state index contributed by atoms with van der Waals surface area (Å²) in [7, 11) is 0. The van der Waals surface area contributed by atoms with Gasteiger partial charge in [-0.05, 0) is 43.9 Å². The molecule has 2 rings (SSSR count). The molecule has 2 heteroatoms. The third-order valence-electron chi connectivity index (χ3n) is 3.56. The van der Waals surface area contributed by atoms with Gasteiger partial charge in [-0.3, -0.25) is 0 Å². The highest BCUT2D eigenvalue weighted by Gasteiger charge is 2.47. The Morgan fingerprint density at radius 1 is 1.31 bits per heavy atom. The molecular weight excluding hydrogens is 184 g/mol. The van der Waals surface area contributed by atoms with Gasteiger partial charge in [0.1, 0.15) is 5.56 Å². The van der Waals surface area contributed by atoms with Gasteiger partial charge in [-0.15, -0.1) is 0 Å². The fraction of sp³-hybridized carbons (Fsp3) is 1.00. The predicted molar refractivity (Wildman–Crippen MR) is 54.9 cm³/mol. The van der Waals surface area contributed by atoms with Gasteiger partial charge < -0.3 is 4.74 Å². The van der Waals surface area contributed by atoms with Crippen LogP contribution < -0.4 is 0 Å². The summed E-state index contributed by atoms with van der Waals surface area (Å²) in [5, 5.41) is 0. The van der Waals surface area contributed by atoms with Crippen molar-refractivity contribution < 1.29 is 4.74 Å². The van der Waals surface area contributed by atoms with E-state index in [1.807, 2.05) is 0 Å². The van der Waals surface area contributed by atoms with Crippen molar-refractivity contribution in [2.24, 2.45) is 11.8 Å². The van der Waals surface area contributed by atoms with Crippen LogP contribution >= 0.6 is 11.6 Å². The molecule has 1 unspecified atom stereocenters. The molecule has 0 N–H and O–H groups in total. The lowest BCUT2D eigenvalue weighted by Crippen LogP contribution is -2.32. The van der Waals surface area contributed by atoms with E-state index >= 15 is 0 Å². The third kappa shape index (κ3) is 1.87. The summed E-state index contributed by atoms with van der Waals surface area (Å²) in [6.45, 7) is 4.24. The van der Waals surface area contributed by atoms with E-state index in [0.717, 1.165) is 5.92 Å². The predicted octanol–water partition coefficient (Wildman–Crippen LogP) is 3.56. The van der Waals surface area contributed by atoms with Crippen molar-refractivity contribution in [3.63, 3.8) is 0 Å². The summed E-state index contributed by atoms with van der Waals surface area (Å²) >= 11 is 6.16. The Balaban J connectivity index is 1.93. The van der Waals surface area contributed by atoms with Crippen molar-refractivity contribution in [2.45, 2.75) is 57.1 Å². The number of rotatable bonds is 3. The summed E-state index contributed by atoms with van der Waals surface area (Å²) in [5.74, 6) is 1.37. The molecule has 0 aromatic carbocycles. The molecule has 0 aliphatic heterocycles. The Morgan fingerprint density at radius 3 is 2.31 bits per heavy atom. The van der Waals surface area contributed by atoms with Crippen LogP contribution in [0.2, 0.25) is 0 Å². The fourth-order valence-electron chi connectivity index (χ4n) is 2.68. The van der Waals surface area contributed by atoms with Gasteiger partial charge >= 0.3 is 0 Å². The van der Waals surface area contributed by atoms with Gasteiger partial charge in [0.05, 0.1) is 5.60 Å². The SMILES string of the molecule is CC(C)C(Cl)OC12CCC(CC1)C2. The Labute approximate surface area is 85.8 Å². The largest absolute Gasteiger partial charge is 0.356 e. The van der Waals surface area contributed by atoms with Crippen molar-refractivity contribution in [3.05, 3.63) is 0 Å². The summed E-state index contributed by atoms with van der Waals surface area (Å²) in [6.07, 6.45) is 6.48. The smallest absolute Gasteiger partial charge is 0.134 e. The van der Waals surface area contributed by atoms with Gasteiger partial charge in [0.2, 0.25) is 0 Å². The van der Waals surface area contributed by atoms with E-state index in [0.29, 0.717) is 5.92 Å². The molecule has 0 aromatic rings. The second-order valence-electron chi connectivity index (χ2n) is 5.04. The molecule has 0 aromatic heterocycles. The van der Waals surface area contributed by atoms with Crippen LogP contribution in [0.5, 0.6) is 0 Å². The average Bonchev–Trinajstić information content (AvgIpc) is 2.62. The Kier molecular flexibility index (Phi) is 2.59. The number of fused-ring (bicyclic) bond motifs is 2. The molecule has 0 heterocycles. The van der Waals surface area contributed by atoms with Gasteiger partial charge in [0.25, 0.3) is 0 Å². The van der Waals surface area contributed by atoms with Crippen LogP contribution in [0, 0.1) is 11.8 Å². The number of halogens is 1. The van der Waals surface area contributed by atoms with Gasteiger partial charge in [-0.1, -0.05) is 25.4 Å². The minimum atomic E-state index is -0.0863. The molecule has 0 spiro atoms. The van der Waals surface area contributed by atoms with Crippen LogP contribution in [0.4, 0.5) is 0 Å². The van der Waals surface area contributed by atoms with Crippen LogP contribution in [0.15, 0.2) is 0 Å². The van der Waals surface area contributed by atoms with Gasteiger partial charge in [-0.25, -0.2) is 0 Å². The van der Waals surface area contributed by atoms with Gasteiger partial charge in [0, 0.05) is 0 Å². The topological polar surface area (TPSA) is 9.23 Å². The van der Waals surface area contributed by atoms with Crippen LogP contribution in [-0.2, 0) is 4.74 Å². The second kappa shape index (κ2) is 3.43. The molecule has 76 valence electrons. The zero-order valence-electron chi connectivity index (χ0n) is 8.55. The molecule has 2 aliphatic rings. The highest BCUT2D eigenvalue weighted by atomic mass is 35.5. The zero-order valence-corrected chi connectivity index (χ0v) is 9.31. The van der Waals surface area contributed by atoms with E-state index < -0.39 is 0 Å². The summed E-state index contributed by atoms with van der Waals surface area (Å²) < 4.78 is 6.02. The lowest BCUT2D eigenvalue weighted by atomic mass is 9.97. The molecule has 1 nitrogen and oxygen atoms in total. The van der Waals surface area contributed by atoms with Crippen molar-refractivity contribution in [1.82, 2.24) is 0 Å². The molecule has 2 bridgehead atoms. The van der Waals surface area contributed by atoms with Gasteiger partial charge in [-0.2, -0.15) is 0 Å². The highest BCUT2D eigenvalue weighted by Crippen LogP contribution is 2.50. The Morgan fingerprint density at radius 2 is 1.92 bits per heavy atom. The summed E-state index contributed by atoms with van der Waals surface area (Å²) in [6, 6.07) is 0. The normalized spacial score (nSPS) is 40.2. The minimum Gasteiger partial charge on any atom is -0.356 e. The van der Waals surface area contributed by atoms with Crippen LogP contribution in [0.3, 0.4) is 0 Å². The molecule has 0 saturated heterocycles. The molecule has 2 aliphatic carbocycles. The molecular formula is C11H19ClO. The van der Waals surface area contributed by atoms with Crippen molar-refractivity contribution >= 4 is 11.6 Å². The molecule has 2 saturated carbocycles. The van der Waals surface area contributed by atoms with E-state index in [-0.39, 0.29) is 11.2 Å². The Hall–Kier alpha value is 0.250. The first-order valence-corrected chi connectivity index (χ1v) is 5.87. The zero-order chi connectivity index (χ0) is 9.47.